The van der Waals surface area contributed by atoms with E-state index < -0.39 is 11.6 Å². The number of phenolic OH excluding ortho intramolecular Hbond substituents is 2. The van der Waals surface area contributed by atoms with Crippen LogP contribution in [0.2, 0.25) is 0 Å². The number of aromatic hydroxyl groups is 2. The summed E-state index contributed by atoms with van der Waals surface area (Å²) in [5.41, 5.74) is 8.95. The van der Waals surface area contributed by atoms with Crippen molar-refractivity contribution in [1.82, 2.24) is 5.73 Å². The molecule has 3 aromatic carbocycles. The van der Waals surface area contributed by atoms with Crippen LogP contribution < -0.4 is 10.5 Å². The van der Waals surface area contributed by atoms with Crippen LogP contribution in [0.15, 0.2) is 54.6 Å². The van der Waals surface area contributed by atoms with Crippen LogP contribution in [0.25, 0.3) is 0 Å². The van der Waals surface area contributed by atoms with Gasteiger partial charge in [0.05, 0.1) is 11.3 Å². The van der Waals surface area contributed by atoms with Gasteiger partial charge >= 0.3 is 5.97 Å². The molecule has 6 heteroatoms. The first-order chi connectivity index (χ1) is 12.5. The number of fused-ring (bicyclic) bond motifs is 6. The van der Waals surface area contributed by atoms with E-state index in [1.807, 2.05) is 0 Å². The number of ether oxygens (including phenoxy) is 2. The molecule has 1 radical (unpaired) electrons. The van der Waals surface area contributed by atoms with E-state index in [-0.39, 0.29) is 17.2 Å². The highest BCUT2D eigenvalue weighted by Crippen LogP contribution is 2.57. The van der Waals surface area contributed by atoms with Gasteiger partial charge in [0, 0.05) is 28.8 Å². The third kappa shape index (κ3) is 1.73. The maximum atomic E-state index is 12.6. The molecule has 26 heavy (non-hydrogen) atoms. The lowest BCUT2D eigenvalue weighted by molar-refractivity contribution is 0.0224. The van der Waals surface area contributed by atoms with E-state index in [1.165, 1.54) is 30.3 Å². The molecule has 127 valence electrons. The lowest BCUT2D eigenvalue weighted by Crippen LogP contribution is -2.32. The second kappa shape index (κ2) is 4.70. The summed E-state index contributed by atoms with van der Waals surface area (Å²) >= 11 is 0. The van der Waals surface area contributed by atoms with Crippen LogP contribution in [-0.4, -0.2) is 16.2 Å². The minimum absolute atomic E-state index is 0.00120. The van der Waals surface area contributed by atoms with Gasteiger partial charge in [-0.05, 0) is 42.5 Å². The molecule has 0 amide bonds. The molecule has 0 unspecified atom stereocenters. The van der Waals surface area contributed by atoms with Crippen molar-refractivity contribution in [3.05, 3.63) is 76.9 Å². The monoisotopic (exact) mass is 346 g/mol. The minimum atomic E-state index is -1.30. The molecule has 2 aliphatic rings. The van der Waals surface area contributed by atoms with Crippen molar-refractivity contribution in [2.75, 3.05) is 0 Å². The van der Waals surface area contributed by atoms with Gasteiger partial charge < -0.3 is 25.4 Å². The van der Waals surface area contributed by atoms with Crippen LogP contribution in [0.5, 0.6) is 23.0 Å². The van der Waals surface area contributed by atoms with Crippen LogP contribution in [0, 0.1) is 0 Å². The number of hydrogen-bond acceptors (Lipinski definition) is 5. The lowest BCUT2D eigenvalue weighted by Gasteiger charge is -2.36. The molecule has 3 N–H and O–H groups in total. The summed E-state index contributed by atoms with van der Waals surface area (Å²) in [6.07, 6.45) is 0. The Morgan fingerprint density at radius 3 is 2.04 bits per heavy atom. The first kappa shape index (κ1) is 14.7. The Morgan fingerprint density at radius 1 is 0.808 bits per heavy atom. The molecule has 0 aliphatic carbocycles. The molecule has 0 bridgehead atoms. The maximum Gasteiger partial charge on any atom is 0.340 e. The molecule has 0 atom stereocenters. The van der Waals surface area contributed by atoms with Crippen LogP contribution >= 0.6 is 0 Å². The average Bonchev–Trinajstić information content (AvgIpc) is 2.87. The van der Waals surface area contributed by atoms with Gasteiger partial charge in [-0.2, -0.15) is 0 Å². The van der Waals surface area contributed by atoms with E-state index in [0.29, 0.717) is 33.8 Å². The highest BCUT2D eigenvalue weighted by Gasteiger charge is 2.53. The Bertz CT molecular complexity index is 1050. The van der Waals surface area contributed by atoms with Crippen LogP contribution in [-0.2, 0) is 10.3 Å². The summed E-state index contributed by atoms with van der Waals surface area (Å²) in [4.78, 5) is 12.6. The standard InChI is InChI=1S/C20H12NO5/c21-10-1-4-13-16(7-10)20(26-19(13)24)14-5-2-11(22)8-17(14)25-18-9-12(23)3-6-15(18)20/h1-9,21-23H. The van der Waals surface area contributed by atoms with Gasteiger partial charge in [0.1, 0.15) is 23.0 Å². The second-order valence-electron chi connectivity index (χ2n) is 6.29. The fourth-order valence-electron chi connectivity index (χ4n) is 3.70. The SMILES string of the molecule is [NH]c1ccc2c(c1)C1(OC2=O)c2ccc(O)cc2Oc2cc(O)ccc21. The van der Waals surface area contributed by atoms with E-state index in [2.05, 4.69) is 0 Å². The summed E-state index contributed by atoms with van der Waals surface area (Å²) in [5, 5.41) is 19.7. The van der Waals surface area contributed by atoms with E-state index in [0.717, 1.165) is 0 Å². The van der Waals surface area contributed by atoms with Crippen molar-refractivity contribution < 1.29 is 24.5 Å². The van der Waals surface area contributed by atoms with E-state index in [4.69, 9.17) is 15.2 Å². The molecular weight excluding hydrogens is 334 g/mol. The summed E-state index contributed by atoms with van der Waals surface area (Å²) in [6.45, 7) is 0. The minimum Gasteiger partial charge on any atom is -0.508 e. The van der Waals surface area contributed by atoms with Crippen molar-refractivity contribution in [2.45, 2.75) is 5.60 Å². The molecule has 1 spiro atoms. The summed E-state index contributed by atoms with van der Waals surface area (Å²) < 4.78 is 11.7. The number of benzene rings is 3. The van der Waals surface area contributed by atoms with Crippen molar-refractivity contribution in [3.63, 3.8) is 0 Å². The van der Waals surface area contributed by atoms with Crippen LogP contribution in [0.3, 0.4) is 0 Å². The quantitative estimate of drug-likeness (QED) is 0.606. The van der Waals surface area contributed by atoms with E-state index in [9.17, 15) is 15.0 Å². The predicted octanol–water partition coefficient (Wildman–Crippen LogP) is 3.58. The molecule has 0 saturated heterocycles. The first-order valence-corrected chi connectivity index (χ1v) is 7.93. The lowest BCUT2D eigenvalue weighted by atomic mass is 9.77. The third-order valence-corrected chi connectivity index (χ3v) is 4.77. The third-order valence-electron chi connectivity index (χ3n) is 4.77. The van der Waals surface area contributed by atoms with Gasteiger partial charge in [0.25, 0.3) is 0 Å². The smallest absolute Gasteiger partial charge is 0.340 e. The van der Waals surface area contributed by atoms with Crippen LogP contribution in [0.4, 0.5) is 5.69 Å². The topological polar surface area (TPSA) is 99.8 Å². The molecule has 0 fully saturated rings. The zero-order chi connectivity index (χ0) is 18.1. The Hall–Kier alpha value is -3.67. The van der Waals surface area contributed by atoms with Gasteiger partial charge in [0.2, 0.25) is 0 Å². The predicted molar refractivity (Wildman–Crippen MR) is 90.8 cm³/mol. The highest BCUT2D eigenvalue weighted by molar-refractivity contribution is 5.97. The molecule has 2 heterocycles. The number of nitrogens with one attached hydrogen (secondary N) is 1. The van der Waals surface area contributed by atoms with Gasteiger partial charge in [-0.1, -0.05) is 0 Å². The fraction of sp³-hybridized carbons (Fsp3) is 0.0500. The second-order valence-corrected chi connectivity index (χ2v) is 6.29. The fourth-order valence-corrected chi connectivity index (χ4v) is 3.70. The zero-order valence-corrected chi connectivity index (χ0v) is 13.3. The van der Waals surface area contributed by atoms with E-state index in [1.54, 1.807) is 24.3 Å². The Kier molecular flexibility index (Phi) is 2.65. The van der Waals surface area contributed by atoms with Crippen molar-refractivity contribution in [1.29, 1.82) is 0 Å². The van der Waals surface area contributed by atoms with Gasteiger partial charge in [-0.3, -0.25) is 0 Å². The molecule has 0 aromatic heterocycles. The van der Waals surface area contributed by atoms with E-state index >= 15 is 0 Å². The maximum absolute atomic E-state index is 12.6. The van der Waals surface area contributed by atoms with Gasteiger partial charge in [0.15, 0.2) is 5.60 Å². The summed E-state index contributed by atoms with van der Waals surface area (Å²) in [5.74, 6) is 0.140. The molecule has 5 rings (SSSR count). The number of phenols is 2. The van der Waals surface area contributed by atoms with Crippen LogP contribution in [0.1, 0.15) is 27.0 Å². The first-order valence-electron chi connectivity index (χ1n) is 7.93. The molecule has 2 aliphatic heterocycles. The number of hydrogen-bond donors (Lipinski definition) is 2. The Balaban J connectivity index is 1.92. The van der Waals surface area contributed by atoms with Crippen molar-refractivity contribution in [2.24, 2.45) is 0 Å². The Labute approximate surface area is 148 Å². The largest absolute Gasteiger partial charge is 0.508 e. The number of rotatable bonds is 0. The normalized spacial score (nSPS) is 15.6. The molecule has 6 nitrogen and oxygen atoms in total. The molecular formula is C20H12NO5. The highest BCUT2D eigenvalue weighted by atomic mass is 16.6. The summed E-state index contributed by atoms with van der Waals surface area (Å²) in [6, 6.07) is 13.8. The average molecular weight is 346 g/mol. The Morgan fingerprint density at radius 2 is 1.42 bits per heavy atom. The van der Waals surface area contributed by atoms with Gasteiger partial charge in [-0.25, -0.2) is 4.79 Å². The van der Waals surface area contributed by atoms with Crippen molar-refractivity contribution >= 4 is 11.7 Å². The molecule has 3 aromatic rings. The number of carbonyl (C=O) groups is 1. The van der Waals surface area contributed by atoms with Gasteiger partial charge in [-0.15, -0.1) is 0 Å². The molecule has 0 saturated carbocycles. The number of esters is 1. The van der Waals surface area contributed by atoms with Crippen molar-refractivity contribution in [3.8, 4) is 23.0 Å². The summed E-state index contributed by atoms with van der Waals surface area (Å²) in [7, 11) is 0. The number of carbonyl (C=O) groups excluding carboxylic acids is 1. The zero-order valence-electron chi connectivity index (χ0n) is 13.3.